The molecule has 0 aromatic heterocycles. The smallest absolute Gasteiger partial charge is 0.231 e. The van der Waals surface area contributed by atoms with E-state index in [1.165, 1.54) is 0 Å². The van der Waals surface area contributed by atoms with E-state index in [0.29, 0.717) is 52.6 Å². The van der Waals surface area contributed by atoms with E-state index in [-0.39, 0.29) is 12.7 Å². The fourth-order valence-electron chi connectivity index (χ4n) is 6.39. The van der Waals surface area contributed by atoms with Crippen LogP contribution in [0.3, 0.4) is 0 Å². The predicted octanol–water partition coefficient (Wildman–Crippen LogP) is 6.35. The Hall–Kier alpha value is -2.22. The van der Waals surface area contributed by atoms with Crippen molar-refractivity contribution >= 4 is 8.32 Å². The number of methoxy groups -OCH3 is 2. The molecule has 0 fully saturated rings. The molecule has 7 heteroatoms. The monoisotopic (exact) mass is 500 g/mol. The van der Waals surface area contributed by atoms with E-state index < -0.39 is 14.4 Å². The minimum atomic E-state index is -2.12. The molecule has 6 nitrogen and oxygen atoms in total. The molecule has 0 saturated heterocycles. The summed E-state index contributed by atoms with van der Waals surface area (Å²) in [5.41, 5.74) is 5.43. The molecule has 1 N–H and O–H groups in total. The Morgan fingerprint density at radius 1 is 0.829 bits per heavy atom. The third kappa shape index (κ3) is 4.43. The maximum absolute atomic E-state index is 11.3. The molecule has 0 radical (unpaired) electrons. The summed E-state index contributed by atoms with van der Waals surface area (Å²) in [6.45, 7) is 14.5. The van der Waals surface area contributed by atoms with Crippen molar-refractivity contribution in [1.82, 2.24) is 0 Å². The lowest BCUT2D eigenvalue weighted by atomic mass is 9.88. The van der Waals surface area contributed by atoms with Gasteiger partial charge in [0.25, 0.3) is 0 Å². The van der Waals surface area contributed by atoms with Gasteiger partial charge in [0.1, 0.15) is 0 Å². The Balaban J connectivity index is 1.88. The van der Waals surface area contributed by atoms with Gasteiger partial charge in [-0.1, -0.05) is 41.5 Å². The zero-order valence-electron chi connectivity index (χ0n) is 22.3. The molecule has 0 bridgehead atoms. The van der Waals surface area contributed by atoms with E-state index in [1.807, 2.05) is 18.2 Å². The highest BCUT2D eigenvalue weighted by Crippen LogP contribution is 2.49. The van der Waals surface area contributed by atoms with Crippen LogP contribution in [0.25, 0.3) is 0 Å². The van der Waals surface area contributed by atoms with Crippen molar-refractivity contribution in [2.24, 2.45) is 0 Å². The first-order valence-corrected chi connectivity index (χ1v) is 14.8. The molecule has 2 atom stereocenters. The lowest BCUT2D eigenvalue weighted by Crippen LogP contribution is -2.48. The standard InChI is InChI=1S/C28H40O6Si/c1-16(2)35(17(3)4,18(5)6)34-14-23-20-11-26(31-8)25(30-7)10-19(20)9-24(29)22-13-28-27(12-21(22)23)32-15-33-28/h10-13,16-18,23-24,29H,9,14-15H2,1-8H3/t23-,24-/m0/s1. The summed E-state index contributed by atoms with van der Waals surface area (Å²) in [7, 11) is 1.17. The zero-order chi connectivity index (χ0) is 25.5. The number of hydrogen-bond acceptors (Lipinski definition) is 6. The third-order valence-electron chi connectivity index (χ3n) is 7.95. The molecule has 1 aliphatic heterocycles. The number of ether oxygens (including phenoxy) is 4. The van der Waals surface area contributed by atoms with Crippen LogP contribution in [0.4, 0.5) is 0 Å². The highest BCUT2D eigenvalue weighted by Gasteiger charge is 2.46. The molecular formula is C28H40O6Si. The molecule has 1 heterocycles. The van der Waals surface area contributed by atoms with E-state index in [0.717, 1.165) is 22.3 Å². The van der Waals surface area contributed by atoms with Crippen LogP contribution in [0, 0.1) is 0 Å². The number of hydrogen-bond donors (Lipinski definition) is 1. The Kier molecular flexibility index (Phi) is 7.41. The van der Waals surface area contributed by atoms with Gasteiger partial charge in [-0.25, -0.2) is 0 Å². The molecule has 2 aromatic rings. The highest BCUT2D eigenvalue weighted by molar-refractivity contribution is 6.77. The summed E-state index contributed by atoms with van der Waals surface area (Å²) in [5.74, 6) is 2.64. The van der Waals surface area contributed by atoms with Crippen molar-refractivity contribution in [3.05, 3.63) is 46.5 Å². The quantitative estimate of drug-likeness (QED) is 0.426. The number of aliphatic hydroxyl groups is 1. The largest absolute Gasteiger partial charge is 0.493 e. The number of aliphatic hydroxyl groups excluding tert-OH is 1. The Morgan fingerprint density at radius 3 is 1.91 bits per heavy atom. The molecule has 0 spiro atoms. The maximum atomic E-state index is 11.3. The molecule has 0 saturated carbocycles. The van der Waals surface area contributed by atoms with Gasteiger partial charge in [-0.15, -0.1) is 0 Å². The van der Waals surface area contributed by atoms with Gasteiger partial charge >= 0.3 is 0 Å². The molecule has 35 heavy (non-hydrogen) atoms. The Bertz CT molecular complexity index is 1040. The minimum absolute atomic E-state index is 0.0884. The predicted molar refractivity (Wildman–Crippen MR) is 140 cm³/mol. The lowest BCUT2D eigenvalue weighted by Gasteiger charge is -2.43. The molecule has 2 aliphatic rings. The molecule has 4 rings (SSSR count). The van der Waals surface area contributed by atoms with Crippen LogP contribution in [0.15, 0.2) is 24.3 Å². The average molecular weight is 501 g/mol. The van der Waals surface area contributed by atoms with Gasteiger partial charge in [0, 0.05) is 18.9 Å². The summed E-state index contributed by atoms with van der Waals surface area (Å²) in [6.07, 6.45) is -0.205. The first kappa shape index (κ1) is 25.9. The summed E-state index contributed by atoms with van der Waals surface area (Å²) in [5, 5.41) is 11.3. The van der Waals surface area contributed by atoms with Crippen LogP contribution in [-0.2, 0) is 10.8 Å². The molecule has 1 aliphatic carbocycles. The van der Waals surface area contributed by atoms with Crippen molar-refractivity contribution in [2.45, 2.75) is 76.6 Å². The van der Waals surface area contributed by atoms with Gasteiger partial charge in [0.05, 0.1) is 20.3 Å². The Labute approximate surface area is 210 Å². The first-order valence-electron chi connectivity index (χ1n) is 12.6. The lowest BCUT2D eigenvalue weighted by molar-refractivity contribution is 0.171. The van der Waals surface area contributed by atoms with E-state index in [9.17, 15) is 5.11 Å². The van der Waals surface area contributed by atoms with Gasteiger partial charge in [0.2, 0.25) is 6.79 Å². The molecule has 0 unspecified atom stereocenters. The van der Waals surface area contributed by atoms with E-state index in [2.05, 4.69) is 47.6 Å². The topological polar surface area (TPSA) is 66.4 Å². The number of benzene rings is 2. The second kappa shape index (κ2) is 10.0. The summed E-state index contributed by atoms with van der Waals surface area (Å²) < 4.78 is 29.8. The van der Waals surface area contributed by atoms with Crippen molar-refractivity contribution in [2.75, 3.05) is 27.6 Å². The second-order valence-corrected chi connectivity index (χ2v) is 16.1. The Morgan fingerprint density at radius 2 is 1.37 bits per heavy atom. The molecule has 192 valence electrons. The van der Waals surface area contributed by atoms with Crippen molar-refractivity contribution < 1.29 is 28.5 Å². The van der Waals surface area contributed by atoms with Crippen LogP contribution < -0.4 is 18.9 Å². The van der Waals surface area contributed by atoms with Crippen LogP contribution in [0.2, 0.25) is 16.6 Å². The molecule has 0 amide bonds. The van der Waals surface area contributed by atoms with Gasteiger partial charge in [0.15, 0.2) is 31.3 Å². The van der Waals surface area contributed by atoms with Gasteiger partial charge < -0.3 is 28.5 Å². The van der Waals surface area contributed by atoms with Crippen LogP contribution in [0.5, 0.6) is 23.0 Å². The zero-order valence-corrected chi connectivity index (χ0v) is 23.3. The van der Waals surface area contributed by atoms with E-state index in [4.69, 9.17) is 23.4 Å². The normalized spacial score (nSPS) is 19.1. The number of rotatable bonds is 8. The van der Waals surface area contributed by atoms with Crippen molar-refractivity contribution in [3.63, 3.8) is 0 Å². The summed E-state index contributed by atoms with van der Waals surface area (Å²) >= 11 is 0. The third-order valence-corrected chi connectivity index (χ3v) is 14.0. The molecule has 2 aromatic carbocycles. The first-order chi connectivity index (χ1) is 16.6. The fraction of sp³-hybridized carbons (Fsp3) is 0.571. The second-order valence-electron chi connectivity index (χ2n) is 10.6. The van der Waals surface area contributed by atoms with Gasteiger partial charge in [-0.2, -0.15) is 0 Å². The average Bonchev–Trinajstić information content (AvgIpc) is 3.24. The fourth-order valence-corrected chi connectivity index (χ4v) is 11.9. The summed E-state index contributed by atoms with van der Waals surface area (Å²) in [4.78, 5) is 0. The van der Waals surface area contributed by atoms with Crippen LogP contribution in [0.1, 0.15) is 75.8 Å². The highest BCUT2D eigenvalue weighted by atomic mass is 28.4. The van der Waals surface area contributed by atoms with Crippen LogP contribution in [-0.4, -0.2) is 41.0 Å². The van der Waals surface area contributed by atoms with Crippen molar-refractivity contribution in [1.29, 1.82) is 0 Å². The van der Waals surface area contributed by atoms with Crippen molar-refractivity contribution in [3.8, 4) is 23.0 Å². The number of fused-ring (bicyclic) bond motifs is 3. The minimum Gasteiger partial charge on any atom is -0.493 e. The van der Waals surface area contributed by atoms with E-state index >= 15 is 0 Å². The SMILES string of the molecule is COc1cc2c(cc1OC)[C@H](CO[Si](C(C)C)(C(C)C)C(C)C)c1cc3c(cc1[C@@H](O)C2)OCO3. The van der Waals surface area contributed by atoms with Gasteiger partial charge in [-0.05, 0) is 63.1 Å². The van der Waals surface area contributed by atoms with E-state index in [1.54, 1.807) is 14.2 Å². The van der Waals surface area contributed by atoms with Crippen LogP contribution >= 0.6 is 0 Å². The molecular weight excluding hydrogens is 460 g/mol. The van der Waals surface area contributed by atoms with Gasteiger partial charge in [-0.3, -0.25) is 0 Å². The summed E-state index contributed by atoms with van der Waals surface area (Å²) in [6, 6.07) is 8.02. The maximum Gasteiger partial charge on any atom is 0.231 e.